The molecule has 0 spiro atoms. The number of rotatable bonds is 2. The van der Waals surface area contributed by atoms with E-state index >= 15 is 0 Å². The van der Waals surface area contributed by atoms with Gasteiger partial charge in [-0.15, -0.1) is 0 Å². The van der Waals surface area contributed by atoms with E-state index in [0.29, 0.717) is 16.5 Å². The smallest absolute Gasteiger partial charge is 0.410 e. The van der Waals surface area contributed by atoms with Gasteiger partial charge in [-0.2, -0.15) is 0 Å². The van der Waals surface area contributed by atoms with Crippen molar-refractivity contribution in [1.29, 1.82) is 0 Å². The molecule has 5 nitrogen and oxygen atoms in total. The molecule has 0 unspecified atom stereocenters. The number of ether oxygens (including phenoxy) is 2. The van der Waals surface area contributed by atoms with E-state index in [0.717, 1.165) is 29.8 Å². The summed E-state index contributed by atoms with van der Waals surface area (Å²) in [7, 11) is 2.04. The predicted octanol–water partition coefficient (Wildman–Crippen LogP) is 4.71. The molecule has 2 aliphatic heterocycles. The zero-order valence-corrected chi connectivity index (χ0v) is 15.8. The lowest BCUT2D eigenvalue weighted by molar-refractivity contribution is 0.0920. The van der Waals surface area contributed by atoms with Gasteiger partial charge in [-0.1, -0.05) is 24.6 Å². The summed E-state index contributed by atoms with van der Waals surface area (Å²) in [4.78, 5) is 14.4. The van der Waals surface area contributed by atoms with E-state index < -0.39 is 6.09 Å². The summed E-state index contributed by atoms with van der Waals surface area (Å²) in [5, 5.41) is 3.31. The third-order valence-electron chi connectivity index (χ3n) is 5.39. The van der Waals surface area contributed by atoms with Crippen LogP contribution in [0.25, 0.3) is 0 Å². The molecule has 2 aliphatic rings. The number of hydrogen-bond donors (Lipinski definition) is 1. The number of anilines is 2. The molecule has 26 heavy (non-hydrogen) atoms. The van der Waals surface area contributed by atoms with Crippen molar-refractivity contribution in [3.63, 3.8) is 0 Å². The standard InChI is InChI=1S/C20H21ClN2O3/c1-12-4-5-13(10-16(12)21)22-19(24)26-14-6-7-17-15(11-14)20(2)8-9-25-18(20)23(17)3/h4-7,10-11,18H,8-9H2,1-3H3,(H,22,24)/t18-,20-/m0/s1. The number of benzene rings is 2. The molecule has 0 aromatic heterocycles. The molecule has 0 radical (unpaired) electrons. The van der Waals surface area contributed by atoms with Gasteiger partial charge in [0.25, 0.3) is 0 Å². The van der Waals surface area contributed by atoms with Crippen molar-refractivity contribution >= 4 is 29.1 Å². The van der Waals surface area contributed by atoms with Gasteiger partial charge in [0.2, 0.25) is 0 Å². The first-order valence-corrected chi connectivity index (χ1v) is 9.00. The molecule has 1 N–H and O–H groups in total. The molecule has 1 saturated heterocycles. The molecule has 1 fully saturated rings. The summed E-state index contributed by atoms with van der Waals surface area (Å²) >= 11 is 6.09. The Morgan fingerprint density at radius 1 is 1.35 bits per heavy atom. The number of nitrogens with zero attached hydrogens (tertiary/aromatic N) is 1. The molecule has 0 aliphatic carbocycles. The van der Waals surface area contributed by atoms with Crippen LogP contribution in [0.1, 0.15) is 24.5 Å². The molecule has 2 aromatic carbocycles. The molecule has 0 saturated carbocycles. The second kappa shape index (κ2) is 6.18. The van der Waals surface area contributed by atoms with Crippen LogP contribution in [-0.2, 0) is 10.2 Å². The molecular formula is C20H21ClN2O3. The molecular weight excluding hydrogens is 352 g/mol. The lowest BCUT2D eigenvalue weighted by Gasteiger charge is -2.26. The van der Waals surface area contributed by atoms with Gasteiger partial charge in [0, 0.05) is 28.9 Å². The Morgan fingerprint density at radius 2 is 2.15 bits per heavy atom. The lowest BCUT2D eigenvalue weighted by atomic mass is 9.82. The van der Waals surface area contributed by atoms with Gasteiger partial charge in [0.05, 0.1) is 6.61 Å². The molecule has 2 aromatic rings. The summed E-state index contributed by atoms with van der Waals surface area (Å²) in [5.41, 5.74) is 3.75. The first-order chi connectivity index (χ1) is 12.4. The fourth-order valence-corrected chi connectivity index (χ4v) is 4.07. The number of nitrogens with one attached hydrogen (secondary N) is 1. The number of halogens is 1. The average Bonchev–Trinajstić information content (AvgIpc) is 3.08. The van der Waals surface area contributed by atoms with Gasteiger partial charge in [0.1, 0.15) is 12.0 Å². The van der Waals surface area contributed by atoms with E-state index in [-0.39, 0.29) is 11.6 Å². The lowest BCUT2D eigenvalue weighted by Crippen LogP contribution is -2.37. The summed E-state index contributed by atoms with van der Waals surface area (Å²) < 4.78 is 11.4. The maximum Gasteiger partial charge on any atom is 0.417 e. The van der Waals surface area contributed by atoms with Crippen LogP contribution < -0.4 is 15.0 Å². The molecule has 6 heteroatoms. The second-order valence-electron chi connectivity index (χ2n) is 7.16. The topological polar surface area (TPSA) is 50.8 Å². The van der Waals surface area contributed by atoms with E-state index in [9.17, 15) is 4.79 Å². The van der Waals surface area contributed by atoms with Gasteiger partial charge < -0.3 is 14.4 Å². The van der Waals surface area contributed by atoms with Gasteiger partial charge in [-0.05, 0) is 54.8 Å². The Kier molecular flexibility index (Phi) is 4.09. The van der Waals surface area contributed by atoms with Gasteiger partial charge >= 0.3 is 6.09 Å². The molecule has 0 bridgehead atoms. The summed E-state index contributed by atoms with van der Waals surface area (Å²) in [6, 6.07) is 11.1. The Balaban J connectivity index is 1.53. The fourth-order valence-electron chi connectivity index (χ4n) is 3.89. The van der Waals surface area contributed by atoms with Crippen LogP contribution in [-0.4, -0.2) is 26.0 Å². The highest BCUT2D eigenvalue weighted by Gasteiger charge is 2.50. The number of likely N-dealkylation sites (N-methyl/N-ethyl adjacent to an activating group) is 1. The third kappa shape index (κ3) is 2.72. The van der Waals surface area contributed by atoms with Crippen LogP contribution in [0, 0.1) is 6.92 Å². The van der Waals surface area contributed by atoms with Crippen LogP contribution in [0.15, 0.2) is 36.4 Å². The number of hydrogen-bond acceptors (Lipinski definition) is 4. The van der Waals surface area contributed by atoms with Gasteiger partial charge in [-0.3, -0.25) is 5.32 Å². The normalized spacial score (nSPS) is 23.5. The summed E-state index contributed by atoms with van der Waals surface area (Å²) in [6.07, 6.45) is 0.448. The van der Waals surface area contributed by atoms with Crippen LogP contribution >= 0.6 is 11.6 Å². The molecule has 1 amide bonds. The number of carbonyl (C=O) groups excluding carboxylic acids is 1. The minimum absolute atomic E-state index is 0.0382. The van der Waals surface area contributed by atoms with Crippen molar-refractivity contribution in [2.24, 2.45) is 0 Å². The molecule has 2 heterocycles. The van der Waals surface area contributed by atoms with Crippen molar-refractivity contribution < 1.29 is 14.3 Å². The quantitative estimate of drug-likeness (QED) is 0.829. The highest BCUT2D eigenvalue weighted by Crippen LogP contribution is 2.51. The maximum absolute atomic E-state index is 12.2. The zero-order valence-electron chi connectivity index (χ0n) is 15.0. The number of fused-ring (bicyclic) bond motifs is 3. The van der Waals surface area contributed by atoms with Crippen molar-refractivity contribution in [2.45, 2.75) is 31.9 Å². The minimum Gasteiger partial charge on any atom is -0.410 e. The monoisotopic (exact) mass is 372 g/mol. The zero-order chi connectivity index (χ0) is 18.5. The largest absolute Gasteiger partial charge is 0.417 e. The van der Waals surface area contributed by atoms with Crippen molar-refractivity contribution in [3.05, 3.63) is 52.5 Å². The van der Waals surface area contributed by atoms with Crippen molar-refractivity contribution in [2.75, 3.05) is 23.9 Å². The number of aryl methyl sites for hydroxylation is 1. The summed E-state index contributed by atoms with van der Waals surface area (Å²) in [6.45, 7) is 4.85. The Hall–Kier alpha value is -2.24. The number of amides is 1. The number of carbonyl (C=O) groups is 1. The van der Waals surface area contributed by atoms with E-state index in [1.807, 2.05) is 32.2 Å². The van der Waals surface area contributed by atoms with E-state index in [2.05, 4.69) is 17.1 Å². The van der Waals surface area contributed by atoms with Crippen LogP contribution in [0.2, 0.25) is 5.02 Å². The molecule has 2 atom stereocenters. The van der Waals surface area contributed by atoms with E-state index in [1.54, 1.807) is 18.2 Å². The third-order valence-corrected chi connectivity index (χ3v) is 5.79. The minimum atomic E-state index is -0.541. The highest BCUT2D eigenvalue weighted by atomic mass is 35.5. The van der Waals surface area contributed by atoms with Gasteiger partial charge in [0.15, 0.2) is 0 Å². The Bertz CT molecular complexity index is 885. The maximum atomic E-state index is 12.2. The Labute approximate surface area is 157 Å². The first-order valence-electron chi connectivity index (χ1n) is 8.62. The SMILES string of the molecule is Cc1ccc(NC(=O)Oc2ccc3c(c2)[C@]2(C)CCO[C@@H]2N3C)cc1Cl. The van der Waals surface area contributed by atoms with Crippen molar-refractivity contribution in [1.82, 2.24) is 0 Å². The van der Waals surface area contributed by atoms with Crippen LogP contribution in [0.4, 0.5) is 16.2 Å². The predicted molar refractivity (Wildman–Crippen MR) is 102 cm³/mol. The van der Waals surface area contributed by atoms with E-state index in [1.165, 1.54) is 0 Å². The summed E-state index contributed by atoms with van der Waals surface area (Å²) in [5.74, 6) is 0.515. The molecule has 136 valence electrons. The molecule has 4 rings (SSSR count). The first kappa shape index (κ1) is 17.2. The Morgan fingerprint density at radius 3 is 2.92 bits per heavy atom. The highest BCUT2D eigenvalue weighted by molar-refractivity contribution is 6.31. The fraction of sp³-hybridized carbons (Fsp3) is 0.350. The second-order valence-corrected chi connectivity index (χ2v) is 7.57. The van der Waals surface area contributed by atoms with Crippen molar-refractivity contribution in [3.8, 4) is 5.75 Å². The van der Waals surface area contributed by atoms with Gasteiger partial charge in [-0.25, -0.2) is 4.79 Å². The average molecular weight is 373 g/mol. The van der Waals surface area contributed by atoms with Crippen LogP contribution in [0.5, 0.6) is 5.75 Å². The van der Waals surface area contributed by atoms with E-state index in [4.69, 9.17) is 21.1 Å². The van der Waals surface area contributed by atoms with Crippen LogP contribution in [0.3, 0.4) is 0 Å².